The quantitative estimate of drug-likeness (QED) is 0.502. The molecule has 0 heterocycles. The maximum absolute atomic E-state index is 10.0. The third kappa shape index (κ3) is 9.05. The van der Waals surface area contributed by atoms with Crippen molar-refractivity contribution < 1.29 is 5.11 Å². The Bertz CT molecular complexity index is 234. The molecule has 0 aliphatic carbocycles. The summed E-state index contributed by atoms with van der Waals surface area (Å²) in [7, 11) is 0. The van der Waals surface area contributed by atoms with E-state index in [0.29, 0.717) is 5.92 Å². The number of unbranched alkanes of at least 4 members (excludes halogenated alkanes) is 5. The van der Waals surface area contributed by atoms with Gasteiger partial charge in [-0.1, -0.05) is 78.6 Å². The Morgan fingerprint density at radius 2 is 1.47 bits per heavy atom. The first-order chi connectivity index (χ1) is 9.17. The van der Waals surface area contributed by atoms with Crippen LogP contribution in [-0.2, 0) is 0 Å². The summed E-state index contributed by atoms with van der Waals surface area (Å²) in [6.45, 7) is 6.58. The molecule has 0 aromatic heterocycles. The fourth-order valence-electron chi connectivity index (χ4n) is 2.75. The second-order valence-corrected chi connectivity index (χ2v) is 5.89. The summed E-state index contributed by atoms with van der Waals surface area (Å²) in [4.78, 5) is 0. The van der Waals surface area contributed by atoms with Gasteiger partial charge in [-0.05, 0) is 11.8 Å². The number of nitriles is 1. The first-order valence-electron chi connectivity index (χ1n) is 8.22. The molecule has 112 valence electrons. The molecule has 2 heteroatoms. The lowest BCUT2D eigenvalue weighted by atomic mass is 9.81. The van der Waals surface area contributed by atoms with Crippen LogP contribution in [0.1, 0.15) is 85.0 Å². The van der Waals surface area contributed by atoms with E-state index < -0.39 is 6.10 Å². The standard InChI is InChI=1S/C17H33NO/c1-4-6-8-10-12-16(11-9-7-5-2)15(3)17(19)13-14-18/h15-17,19H,4-13H2,1-3H3/t15-,16?,17-/m1/s1. The molecule has 0 fully saturated rings. The van der Waals surface area contributed by atoms with Crippen molar-refractivity contribution in [1.29, 1.82) is 5.26 Å². The summed E-state index contributed by atoms with van der Waals surface area (Å²) >= 11 is 0. The van der Waals surface area contributed by atoms with E-state index in [2.05, 4.69) is 26.8 Å². The van der Waals surface area contributed by atoms with Gasteiger partial charge in [0.1, 0.15) is 0 Å². The summed E-state index contributed by atoms with van der Waals surface area (Å²) in [6, 6.07) is 2.10. The van der Waals surface area contributed by atoms with Crippen LogP contribution in [0.4, 0.5) is 0 Å². The fourth-order valence-corrected chi connectivity index (χ4v) is 2.75. The Hall–Kier alpha value is -0.550. The van der Waals surface area contributed by atoms with E-state index in [1.165, 1.54) is 57.8 Å². The van der Waals surface area contributed by atoms with E-state index in [9.17, 15) is 5.11 Å². The molecule has 0 radical (unpaired) electrons. The zero-order valence-corrected chi connectivity index (χ0v) is 13.2. The number of hydrogen-bond donors (Lipinski definition) is 1. The van der Waals surface area contributed by atoms with Crippen LogP contribution in [0.25, 0.3) is 0 Å². The molecule has 0 aliphatic heterocycles. The Morgan fingerprint density at radius 1 is 0.947 bits per heavy atom. The lowest BCUT2D eigenvalue weighted by Gasteiger charge is -2.27. The lowest BCUT2D eigenvalue weighted by Crippen LogP contribution is -2.25. The molecule has 2 nitrogen and oxygen atoms in total. The highest BCUT2D eigenvalue weighted by atomic mass is 16.3. The van der Waals surface area contributed by atoms with Crippen LogP contribution in [0.3, 0.4) is 0 Å². The van der Waals surface area contributed by atoms with Crippen LogP contribution < -0.4 is 0 Å². The van der Waals surface area contributed by atoms with Crippen LogP contribution in [0.2, 0.25) is 0 Å². The SMILES string of the molecule is CCCCCCC(CCCCC)[C@@H](C)[C@H](O)CC#N. The smallest absolute Gasteiger partial charge is 0.0698 e. The summed E-state index contributed by atoms with van der Waals surface area (Å²) < 4.78 is 0. The van der Waals surface area contributed by atoms with E-state index in [1.54, 1.807) is 0 Å². The maximum atomic E-state index is 10.0. The highest BCUT2D eigenvalue weighted by Crippen LogP contribution is 2.28. The van der Waals surface area contributed by atoms with Crippen molar-refractivity contribution in [3.63, 3.8) is 0 Å². The van der Waals surface area contributed by atoms with Crippen molar-refractivity contribution in [2.75, 3.05) is 0 Å². The van der Waals surface area contributed by atoms with Gasteiger partial charge in [0.15, 0.2) is 0 Å². The predicted octanol–water partition coefficient (Wildman–Crippen LogP) is 5.06. The largest absolute Gasteiger partial charge is 0.392 e. The molecule has 1 unspecified atom stereocenters. The maximum Gasteiger partial charge on any atom is 0.0698 e. The molecule has 3 atom stereocenters. The summed E-state index contributed by atoms with van der Waals surface area (Å²) in [6.07, 6.45) is 11.2. The van der Waals surface area contributed by atoms with E-state index in [-0.39, 0.29) is 12.3 Å². The van der Waals surface area contributed by atoms with Gasteiger partial charge < -0.3 is 5.11 Å². The third-order valence-corrected chi connectivity index (χ3v) is 4.26. The first-order valence-corrected chi connectivity index (χ1v) is 8.22. The minimum absolute atomic E-state index is 0.262. The van der Waals surface area contributed by atoms with Crippen molar-refractivity contribution >= 4 is 0 Å². The molecule has 0 rings (SSSR count). The zero-order valence-electron chi connectivity index (χ0n) is 13.2. The molecule has 0 spiro atoms. The van der Waals surface area contributed by atoms with Gasteiger partial charge in [-0.2, -0.15) is 5.26 Å². The van der Waals surface area contributed by atoms with E-state index in [4.69, 9.17) is 5.26 Å². The molecule has 19 heavy (non-hydrogen) atoms. The van der Waals surface area contributed by atoms with Gasteiger partial charge in [0, 0.05) is 0 Å². The molecule has 0 amide bonds. The van der Waals surface area contributed by atoms with Gasteiger partial charge in [0.2, 0.25) is 0 Å². The Morgan fingerprint density at radius 3 is 2.00 bits per heavy atom. The monoisotopic (exact) mass is 267 g/mol. The average molecular weight is 267 g/mol. The minimum Gasteiger partial charge on any atom is -0.392 e. The van der Waals surface area contributed by atoms with Gasteiger partial charge in [0.25, 0.3) is 0 Å². The number of hydrogen-bond acceptors (Lipinski definition) is 2. The molecule has 0 saturated heterocycles. The Labute approximate surface area is 120 Å². The lowest BCUT2D eigenvalue weighted by molar-refractivity contribution is 0.0780. The first kappa shape index (κ1) is 18.4. The van der Waals surface area contributed by atoms with Gasteiger partial charge in [-0.15, -0.1) is 0 Å². The molecule has 1 N–H and O–H groups in total. The van der Waals surface area contributed by atoms with Crippen molar-refractivity contribution in [3.8, 4) is 6.07 Å². The number of aliphatic hydroxyl groups is 1. The second-order valence-electron chi connectivity index (χ2n) is 5.89. The van der Waals surface area contributed by atoms with Gasteiger partial charge in [0.05, 0.1) is 18.6 Å². The fraction of sp³-hybridized carbons (Fsp3) is 0.941. The Kier molecular flexibility index (Phi) is 12.1. The van der Waals surface area contributed by atoms with Crippen LogP contribution in [0.15, 0.2) is 0 Å². The van der Waals surface area contributed by atoms with Crippen molar-refractivity contribution in [1.82, 2.24) is 0 Å². The molecule has 0 aliphatic rings. The van der Waals surface area contributed by atoms with Crippen LogP contribution in [0, 0.1) is 23.2 Å². The normalized spacial score (nSPS) is 15.7. The van der Waals surface area contributed by atoms with E-state index in [1.807, 2.05) is 0 Å². The second kappa shape index (κ2) is 12.5. The molecule has 0 aromatic carbocycles. The number of rotatable bonds is 12. The molecular formula is C17H33NO. The van der Waals surface area contributed by atoms with Crippen LogP contribution in [0.5, 0.6) is 0 Å². The van der Waals surface area contributed by atoms with Gasteiger partial charge in [-0.25, -0.2) is 0 Å². The number of aliphatic hydroxyl groups excluding tert-OH is 1. The van der Waals surface area contributed by atoms with Crippen LogP contribution >= 0.6 is 0 Å². The minimum atomic E-state index is -0.442. The zero-order chi connectivity index (χ0) is 14.5. The molecular weight excluding hydrogens is 234 g/mol. The summed E-state index contributed by atoms with van der Waals surface area (Å²) in [5.74, 6) is 0.852. The van der Waals surface area contributed by atoms with Crippen LogP contribution in [-0.4, -0.2) is 11.2 Å². The van der Waals surface area contributed by atoms with Gasteiger partial charge >= 0.3 is 0 Å². The molecule has 0 aromatic rings. The van der Waals surface area contributed by atoms with Crippen molar-refractivity contribution in [2.24, 2.45) is 11.8 Å². The third-order valence-electron chi connectivity index (χ3n) is 4.26. The number of nitrogens with zero attached hydrogens (tertiary/aromatic N) is 1. The highest BCUT2D eigenvalue weighted by Gasteiger charge is 2.23. The van der Waals surface area contributed by atoms with E-state index in [0.717, 1.165) is 0 Å². The highest BCUT2D eigenvalue weighted by molar-refractivity contribution is 4.82. The summed E-state index contributed by atoms with van der Waals surface area (Å²) in [5, 5.41) is 18.7. The molecule has 0 bridgehead atoms. The van der Waals surface area contributed by atoms with E-state index >= 15 is 0 Å². The average Bonchev–Trinajstić information content (AvgIpc) is 2.41. The predicted molar refractivity (Wildman–Crippen MR) is 81.8 cm³/mol. The topological polar surface area (TPSA) is 44.0 Å². The van der Waals surface area contributed by atoms with Gasteiger partial charge in [-0.3, -0.25) is 0 Å². The summed E-state index contributed by atoms with van der Waals surface area (Å²) in [5.41, 5.74) is 0. The Balaban J connectivity index is 4.18. The van der Waals surface area contributed by atoms with Crippen molar-refractivity contribution in [2.45, 2.75) is 91.1 Å². The van der Waals surface area contributed by atoms with Crippen molar-refractivity contribution in [3.05, 3.63) is 0 Å². The molecule has 0 saturated carbocycles.